The lowest BCUT2D eigenvalue weighted by atomic mass is 10.2. The zero-order valence-corrected chi connectivity index (χ0v) is 14.1. The molecule has 1 aliphatic rings. The number of carbonyl (C=O) groups is 1. The topological polar surface area (TPSA) is 54.0 Å². The van der Waals surface area contributed by atoms with E-state index in [9.17, 15) is 4.79 Å². The highest BCUT2D eigenvalue weighted by atomic mass is 16.5. The average Bonchev–Trinajstić information content (AvgIpc) is 2.61. The van der Waals surface area contributed by atoms with Gasteiger partial charge in [0.25, 0.3) is 0 Å². The van der Waals surface area contributed by atoms with E-state index < -0.39 is 0 Å². The van der Waals surface area contributed by atoms with Crippen molar-refractivity contribution < 1.29 is 14.3 Å². The largest absolute Gasteiger partial charge is 0.495 e. The van der Waals surface area contributed by atoms with E-state index >= 15 is 0 Å². The van der Waals surface area contributed by atoms with Crippen LogP contribution in [0.1, 0.15) is 13.3 Å². The molecule has 0 aromatic heterocycles. The Kier molecular flexibility index (Phi) is 7.00. The Balaban J connectivity index is 1.76. The van der Waals surface area contributed by atoms with Gasteiger partial charge in [-0.25, -0.2) is 4.79 Å². The normalized spacial score (nSPS) is 14.7. The molecule has 2 rings (SSSR count). The van der Waals surface area contributed by atoms with Crippen LogP contribution in [-0.4, -0.2) is 64.0 Å². The second-order valence-electron chi connectivity index (χ2n) is 5.43. The average molecular weight is 321 g/mol. The molecule has 6 nitrogen and oxygen atoms in total. The van der Waals surface area contributed by atoms with Crippen molar-refractivity contribution in [2.24, 2.45) is 0 Å². The second kappa shape index (κ2) is 9.25. The summed E-state index contributed by atoms with van der Waals surface area (Å²) in [6.07, 6.45) is 0.848. The lowest BCUT2D eigenvalue weighted by Gasteiger charge is -2.36. The molecule has 1 heterocycles. The number of hydrogen-bond donors (Lipinski definition) is 1. The monoisotopic (exact) mass is 321 g/mol. The van der Waals surface area contributed by atoms with Crippen molar-refractivity contribution in [2.45, 2.75) is 13.3 Å². The molecule has 23 heavy (non-hydrogen) atoms. The summed E-state index contributed by atoms with van der Waals surface area (Å²) in [4.78, 5) is 16.3. The van der Waals surface area contributed by atoms with Crippen molar-refractivity contribution in [1.82, 2.24) is 10.2 Å². The van der Waals surface area contributed by atoms with Crippen LogP contribution in [0.4, 0.5) is 10.5 Å². The van der Waals surface area contributed by atoms with Crippen molar-refractivity contribution in [3.05, 3.63) is 24.3 Å². The van der Waals surface area contributed by atoms with E-state index in [0.717, 1.165) is 50.6 Å². The van der Waals surface area contributed by atoms with Gasteiger partial charge in [0.1, 0.15) is 5.75 Å². The summed E-state index contributed by atoms with van der Waals surface area (Å²) in [6, 6.07) is 8.01. The smallest absolute Gasteiger partial charge is 0.317 e. The first kappa shape index (κ1) is 17.4. The van der Waals surface area contributed by atoms with Gasteiger partial charge >= 0.3 is 6.03 Å². The molecule has 6 heteroatoms. The molecule has 1 N–H and O–H groups in total. The summed E-state index contributed by atoms with van der Waals surface area (Å²) in [5.74, 6) is 0.876. The molecule has 0 spiro atoms. The third kappa shape index (κ3) is 5.03. The molecule has 0 bridgehead atoms. The number of carbonyl (C=O) groups excluding carboxylic acids is 1. The van der Waals surface area contributed by atoms with Crippen molar-refractivity contribution in [2.75, 3.05) is 57.9 Å². The maximum absolute atomic E-state index is 12.1. The summed E-state index contributed by atoms with van der Waals surface area (Å²) < 4.78 is 10.7. The molecule has 0 atom stereocenters. The third-order valence-corrected chi connectivity index (χ3v) is 3.94. The first-order valence-electron chi connectivity index (χ1n) is 8.24. The molecule has 0 unspecified atom stereocenters. The predicted octanol–water partition coefficient (Wildman–Crippen LogP) is 1.95. The van der Waals surface area contributed by atoms with Crippen LogP contribution >= 0.6 is 0 Å². The Bertz CT molecular complexity index is 488. The van der Waals surface area contributed by atoms with Gasteiger partial charge in [0.15, 0.2) is 0 Å². The molecule has 1 aromatic rings. The SMILES string of the molecule is CCOCCCNC(=O)N1CCN(c2ccccc2OC)CC1. The number of methoxy groups -OCH3 is 1. The minimum atomic E-state index is 0.0150. The summed E-state index contributed by atoms with van der Waals surface area (Å²) in [7, 11) is 1.69. The standard InChI is InChI=1S/C17H27N3O3/c1-3-23-14-6-9-18-17(21)20-12-10-19(11-13-20)15-7-4-5-8-16(15)22-2/h4-5,7-8H,3,6,9-14H2,1-2H3,(H,18,21). The summed E-state index contributed by atoms with van der Waals surface area (Å²) >= 11 is 0. The van der Waals surface area contributed by atoms with Gasteiger partial charge in [0.2, 0.25) is 0 Å². The Labute approximate surface area is 138 Å². The maximum Gasteiger partial charge on any atom is 0.317 e. The number of nitrogens with zero attached hydrogens (tertiary/aromatic N) is 2. The van der Waals surface area contributed by atoms with Gasteiger partial charge in [-0.05, 0) is 25.5 Å². The van der Waals surface area contributed by atoms with Crippen LogP contribution in [0.15, 0.2) is 24.3 Å². The van der Waals surface area contributed by atoms with Gasteiger partial charge in [-0.2, -0.15) is 0 Å². The van der Waals surface area contributed by atoms with Crippen LogP contribution in [0.25, 0.3) is 0 Å². The highest BCUT2D eigenvalue weighted by Crippen LogP contribution is 2.28. The molecule has 1 fully saturated rings. The maximum atomic E-state index is 12.1. The van der Waals surface area contributed by atoms with Gasteiger partial charge in [-0.15, -0.1) is 0 Å². The number of ether oxygens (including phenoxy) is 2. The number of rotatable bonds is 7. The first-order chi connectivity index (χ1) is 11.3. The Morgan fingerprint density at radius 2 is 1.96 bits per heavy atom. The first-order valence-corrected chi connectivity index (χ1v) is 8.24. The number of piperazine rings is 1. The van der Waals surface area contributed by atoms with E-state index in [0.29, 0.717) is 13.2 Å². The number of amides is 2. The molecular formula is C17H27N3O3. The number of hydrogen-bond acceptors (Lipinski definition) is 4. The van der Waals surface area contributed by atoms with Crippen LogP contribution in [0.2, 0.25) is 0 Å². The summed E-state index contributed by atoms with van der Waals surface area (Å²) in [5, 5.41) is 2.95. The fourth-order valence-electron chi connectivity index (χ4n) is 2.67. The Hall–Kier alpha value is -1.95. The van der Waals surface area contributed by atoms with E-state index in [2.05, 4.69) is 16.3 Å². The summed E-state index contributed by atoms with van der Waals surface area (Å²) in [6.45, 7) is 7.10. The van der Waals surface area contributed by atoms with Gasteiger partial charge in [0, 0.05) is 45.9 Å². The number of para-hydroxylation sites is 2. The molecule has 2 amide bonds. The van der Waals surface area contributed by atoms with Gasteiger partial charge in [0.05, 0.1) is 12.8 Å². The van der Waals surface area contributed by atoms with E-state index in [-0.39, 0.29) is 6.03 Å². The molecule has 128 valence electrons. The van der Waals surface area contributed by atoms with Crippen LogP contribution in [0, 0.1) is 0 Å². The number of urea groups is 1. The molecule has 0 radical (unpaired) electrons. The van der Waals surface area contributed by atoms with E-state index in [1.165, 1.54) is 0 Å². The molecule has 1 saturated heterocycles. The lowest BCUT2D eigenvalue weighted by molar-refractivity contribution is 0.143. The summed E-state index contributed by atoms with van der Waals surface area (Å²) in [5.41, 5.74) is 1.09. The zero-order chi connectivity index (χ0) is 16.5. The van der Waals surface area contributed by atoms with E-state index in [1.807, 2.05) is 30.0 Å². The minimum Gasteiger partial charge on any atom is -0.495 e. The Morgan fingerprint density at radius 3 is 2.65 bits per heavy atom. The number of nitrogens with one attached hydrogen (secondary N) is 1. The van der Waals surface area contributed by atoms with E-state index in [1.54, 1.807) is 7.11 Å². The molecule has 0 saturated carbocycles. The van der Waals surface area contributed by atoms with Crippen LogP contribution in [0.3, 0.4) is 0 Å². The van der Waals surface area contributed by atoms with Crippen LogP contribution in [0.5, 0.6) is 5.75 Å². The van der Waals surface area contributed by atoms with Crippen molar-refractivity contribution in [1.29, 1.82) is 0 Å². The quantitative estimate of drug-likeness (QED) is 0.780. The number of anilines is 1. The number of benzene rings is 1. The van der Waals surface area contributed by atoms with Crippen molar-refractivity contribution in [3.8, 4) is 5.75 Å². The van der Waals surface area contributed by atoms with Crippen LogP contribution < -0.4 is 15.0 Å². The molecule has 1 aliphatic heterocycles. The van der Waals surface area contributed by atoms with Crippen molar-refractivity contribution >= 4 is 11.7 Å². The lowest BCUT2D eigenvalue weighted by Crippen LogP contribution is -2.52. The predicted molar refractivity (Wildman–Crippen MR) is 91.3 cm³/mol. The molecule has 0 aliphatic carbocycles. The van der Waals surface area contributed by atoms with Gasteiger partial charge in [-0.3, -0.25) is 0 Å². The molecule has 1 aromatic carbocycles. The van der Waals surface area contributed by atoms with Gasteiger partial charge in [-0.1, -0.05) is 12.1 Å². The highest BCUT2D eigenvalue weighted by molar-refractivity contribution is 5.74. The fraction of sp³-hybridized carbons (Fsp3) is 0.588. The van der Waals surface area contributed by atoms with Crippen molar-refractivity contribution in [3.63, 3.8) is 0 Å². The Morgan fingerprint density at radius 1 is 1.22 bits per heavy atom. The van der Waals surface area contributed by atoms with Crippen LogP contribution in [-0.2, 0) is 4.74 Å². The minimum absolute atomic E-state index is 0.0150. The third-order valence-electron chi connectivity index (χ3n) is 3.94. The zero-order valence-electron chi connectivity index (χ0n) is 14.1. The highest BCUT2D eigenvalue weighted by Gasteiger charge is 2.22. The van der Waals surface area contributed by atoms with E-state index in [4.69, 9.17) is 9.47 Å². The molecular weight excluding hydrogens is 294 g/mol. The second-order valence-corrected chi connectivity index (χ2v) is 5.43. The fourth-order valence-corrected chi connectivity index (χ4v) is 2.67. The van der Waals surface area contributed by atoms with Gasteiger partial charge < -0.3 is 24.6 Å².